The van der Waals surface area contributed by atoms with Crippen LogP contribution in [0.25, 0.3) is 0 Å². The van der Waals surface area contributed by atoms with Gasteiger partial charge in [0.15, 0.2) is 0 Å². The molecule has 0 aromatic heterocycles. The van der Waals surface area contributed by atoms with E-state index in [1.54, 1.807) is 0 Å². The highest BCUT2D eigenvalue weighted by Gasteiger charge is 2.21. The van der Waals surface area contributed by atoms with E-state index in [-0.39, 0.29) is 6.04 Å². The van der Waals surface area contributed by atoms with Crippen molar-refractivity contribution >= 4 is 39.3 Å². The van der Waals surface area contributed by atoms with Crippen LogP contribution in [0.1, 0.15) is 18.5 Å². The summed E-state index contributed by atoms with van der Waals surface area (Å²) in [6, 6.07) is 6.57. The molecule has 2 nitrogen and oxygen atoms in total. The van der Waals surface area contributed by atoms with Crippen molar-refractivity contribution in [3.63, 3.8) is 0 Å². The predicted molar refractivity (Wildman–Crippen MR) is 86.6 cm³/mol. The quantitative estimate of drug-likeness (QED) is 0.845. The first kappa shape index (κ1) is 16.3. The third kappa shape index (κ3) is 4.14. The number of hydrogen-bond acceptors (Lipinski definition) is 3. The highest BCUT2D eigenvalue weighted by atomic mass is 79.9. The second kappa shape index (κ2) is 7.75. The van der Waals surface area contributed by atoms with Crippen LogP contribution < -0.4 is 5.73 Å². The van der Waals surface area contributed by atoms with E-state index in [4.69, 9.17) is 17.3 Å². The molecule has 102 valence electrons. The fraction of sp³-hybridized carbons (Fsp3) is 0.538. The third-order valence-electron chi connectivity index (χ3n) is 3.14. The van der Waals surface area contributed by atoms with Gasteiger partial charge in [0, 0.05) is 33.9 Å². The number of hydrogen-bond donors (Lipinski definition) is 1. The molecule has 0 aliphatic carbocycles. The summed E-state index contributed by atoms with van der Waals surface area (Å²) in [5.41, 5.74) is 7.14. The van der Waals surface area contributed by atoms with Gasteiger partial charge >= 0.3 is 0 Å². The van der Waals surface area contributed by atoms with Crippen LogP contribution >= 0.6 is 39.3 Å². The maximum atomic E-state index is 5.98. The molecular formula is C13H20BrClN2S. The molecule has 2 N–H and O–H groups in total. The van der Waals surface area contributed by atoms with Crippen LogP contribution in [0.2, 0.25) is 5.02 Å². The molecule has 1 rings (SSSR count). The second-order valence-electron chi connectivity index (χ2n) is 4.39. The van der Waals surface area contributed by atoms with E-state index in [1.807, 2.05) is 30.0 Å². The van der Waals surface area contributed by atoms with Gasteiger partial charge in [0.1, 0.15) is 0 Å². The fourth-order valence-electron chi connectivity index (χ4n) is 1.95. The van der Waals surface area contributed by atoms with Crippen LogP contribution in [0.4, 0.5) is 0 Å². The van der Waals surface area contributed by atoms with Crippen molar-refractivity contribution in [3.8, 4) is 0 Å². The Kier molecular flexibility index (Phi) is 7.03. The van der Waals surface area contributed by atoms with E-state index in [2.05, 4.69) is 41.1 Å². The zero-order valence-electron chi connectivity index (χ0n) is 11.0. The van der Waals surface area contributed by atoms with Crippen molar-refractivity contribution in [1.82, 2.24) is 4.90 Å². The predicted octanol–water partition coefficient (Wildman–Crippen LogP) is 3.79. The molecule has 0 aliphatic heterocycles. The Morgan fingerprint density at radius 1 is 1.50 bits per heavy atom. The standard InChI is InChI=1S/C13H20BrClN2S/c1-9(8-18-3)17(2)13(7-16)11-5-4-10(15)6-12(11)14/h4-6,9,13H,7-8,16H2,1-3H3. The summed E-state index contributed by atoms with van der Waals surface area (Å²) in [6.07, 6.45) is 2.12. The molecule has 0 saturated heterocycles. The summed E-state index contributed by atoms with van der Waals surface area (Å²) in [7, 11) is 2.12. The average Bonchev–Trinajstić information content (AvgIpc) is 2.32. The van der Waals surface area contributed by atoms with E-state index in [9.17, 15) is 0 Å². The number of thioether (sulfide) groups is 1. The van der Waals surface area contributed by atoms with E-state index < -0.39 is 0 Å². The Bertz CT molecular complexity index is 389. The first-order valence-corrected chi connectivity index (χ1v) is 8.43. The largest absolute Gasteiger partial charge is 0.329 e. The zero-order chi connectivity index (χ0) is 13.7. The number of nitrogens with two attached hydrogens (primary N) is 1. The Hall–Kier alpha value is 0.260. The van der Waals surface area contributed by atoms with Crippen molar-refractivity contribution in [1.29, 1.82) is 0 Å². The lowest BCUT2D eigenvalue weighted by molar-refractivity contribution is 0.203. The van der Waals surface area contributed by atoms with Crippen LogP contribution in [0, 0.1) is 0 Å². The molecule has 0 spiro atoms. The maximum Gasteiger partial charge on any atom is 0.0481 e. The van der Waals surface area contributed by atoms with Crippen LogP contribution in [0.3, 0.4) is 0 Å². The molecule has 0 radical (unpaired) electrons. The van der Waals surface area contributed by atoms with Gasteiger partial charge in [-0.05, 0) is 37.9 Å². The van der Waals surface area contributed by atoms with Crippen LogP contribution in [0.5, 0.6) is 0 Å². The Balaban J connectivity index is 2.94. The molecule has 2 atom stereocenters. The third-order valence-corrected chi connectivity index (χ3v) is 4.88. The van der Waals surface area contributed by atoms with Crippen molar-refractivity contribution < 1.29 is 0 Å². The van der Waals surface area contributed by atoms with Gasteiger partial charge in [-0.3, -0.25) is 4.90 Å². The molecule has 2 unspecified atom stereocenters. The molecule has 0 amide bonds. The molecule has 0 bridgehead atoms. The molecule has 18 heavy (non-hydrogen) atoms. The van der Waals surface area contributed by atoms with E-state index in [0.717, 1.165) is 15.2 Å². The molecular weight excluding hydrogens is 332 g/mol. The first-order chi connectivity index (χ1) is 8.51. The van der Waals surface area contributed by atoms with Gasteiger partial charge in [0.05, 0.1) is 0 Å². The summed E-state index contributed by atoms with van der Waals surface area (Å²) in [4.78, 5) is 2.32. The van der Waals surface area contributed by atoms with Gasteiger partial charge < -0.3 is 5.73 Å². The number of halogens is 2. The number of rotatable bonds is 6. The van der Waals surface area contributed by atoms with Gasteiger partial charge in [0.2, 0.25) is 0 Å². The highest BCUT2D eigenvalue weighted by Crippen LogP contribution is 2.30. The van der Waals surface area contributed by atoms with Gasteiger partial charge in [0.25, 0.3) is 0 Å². The smallest absolute Gasteiger partial charge is 0.0481 e. The maximum absolute atomic E-state index is 5.98. The minimum absolute atomic E-state index is 0.207. The molecule has 0 saturated carbocycles. The van der Waals surface area contributed by atoms with E-state index in [0.29, 0.717) is 12.6 Å². The van der Waals surface area contributed by atoms with Crippen molar-refractivity contribution in [3.05, 3.63) is 33.3 Å². The Morgan fingerprint density at radius 3 is 2.67 bits per heavy atom. The number of likely N-dealkylation sites (N-methyl/N-ethyl adjacent to an activating group) is 1. The monoisotopic (exact) mass is 350 g/mol. The van der Waals surface area contributed by atoms with Crippen LogP contribution in [0.15, 0.2) is 22.7 Å². The minimum Gasteiger partial charge on any atom is -0.329 e. The molecule has 1 aromatic carbocycles. The average molecular weight is 352 g/mol. The lowest BCUT2D eigenvalue weighted by Crippen LogP contribution is -2.38. The molecule has 0 heterocycles. The summed E-state index contributed by atoms with van der Waals surface area (Å²) >= 11 is 11.4. The number of nitrogens with zero attached hydrogens (tertiary/aromatic N) is 1. The van der Waals surface area contributed by atoms with Gasteiger partial charge in [-0.25, -0.2) is 0 Å². The first-order valence-electron chi connectivity index (χ1n) is 5.87. The van der Waals surface area contributed by atoms with E-state index >= 15 is 0 Å². The fourth-order valence-corrected chi connectivity index (χ4v) is 3.61. The lowest BCUT2D eigenvalue weighted by Gasteiger charge is -2.33. The summed E-state index contributed by atoms with van der Waals surface area (Å²) in [5.74, 6) is 1.10. The normalized spacial score (nSPS) is 14.8. The van der Waals surface area contributed by atoms with Crippen molar-refractivity contribution in [2.24, 2.45) is 5.73 Å². The van der Waals surface area contributed by atoms with E-state index in [1.165, 1.54) is 5.56 Å². The van der Waals surface area contributed by atoms with Crippen molar-refractivity contribution in [2.45, 2.75) is 19.0 Å². The lowest BCUT2D eigenvalue weighted by atomic mass is 10.0. The topological polar surface area (TPSA) is 29.3 Å². The highest BCUT2D eigenvalue weighted by molar-refractivity contribution is 9.10. The Labute approximate surface area is 127 Å². The second-order valence-corrected chi connectivity index (χ2v) is 6.59. The van der Waals surface area contributed by atoms with Gasteiger partial charge in [-0.15, -0.1) is 0 Å². The van der Waals surface area contributed by atoms with Crippen molar-refractivity contribution in [2.75, 3.05) is 25.6 Å². The molecule has 0 fully saturated rings. The molecule has 1 aromatic rings. The summed E-state index contributed by atoms with van der Waals surface area (Å²) < 4.78 is 1.02. The molecule has 5 heteroatoms. The zero-order valence-corrected chi connectivity index (χ0v) is 14.1. The number of benzene rings is 1. The van der Waals surface area contributed by atoms with Crippen LogP contribution in [-0.2, 0) is 0 Å². The SMILES string of the molecule is CSCC(C)N(C)C(CN)c1ccc(Cl)cc1Br. The Morgan fingerprint density at radius 2 is 2.17 bits per heavy atom. The van der Waals surface area contributed by atoms with Gasteiger partial charge in [-0.2, -0.15) is 11.8 Å². The minimum atomic E-state index is 0.207. The summed E-state index contributed by atoms with van der Waals surface area (Å²) in [6.45, 7) is 2.82. The van der Waals surface area contributed by atoms with Crippen LogP contribution in [-0.4, -0.2) is 36.5 Å². The van der Waals surface area contributed by atoms with Gasteiger partial charge in [-0.1, -0.05) is 33.6 Å². The summed E-state index contributed by atoms with van der Waals surface area (Å²) in [5, 5.41) is 0.737. The molecule has 0 aliphatic rings.